The monoisotopic (exact) mass is 198 g/mol. The normalized spacial score (nSPS) is 34.7. The van der Waals surface area contributed by atoms with Gasteiger partial charge in [0.1, 0.15) is 0 Å². The quantitative estimate of drug-likeness (QED) is 0.725. The van der Waals surface area contributed by atoms with E-state index in [0.717, 1.165) is 19.6 Å². The van der Waals surface area contributed by atoms with E-state index in [2.05, 4.69) is 17.1 Å². The van der Waals surface area contributed by atoms with Crippen LogP contribution in [0.15, 0.2) is 0 Å². The summed E-state index contributed by atoms with van der Waals surface area (Å²) in [6, 6.07) is 0.701. The van der Waals surface area contributed by atoms with Crippen LogP contribution in [-0.4, -0.2) is 49.8 Å². The van der Waals surface area contributed by atoms with Crippen LogP contribution in [0, 0.1) is 0 Å². The molecule has 0 aliphatic carbocycles. The Morgan fingerprint density at radius 2 is 2.00 bits per heavy atom. The van der Waals surface area contributed by atoms with E-state index < -0.39 is 0 Å². The summed E-state index contributed by atoms with van der Waals surface area (Å²) in [5.74, 6) is 0. The summed E-state index contributed by atoms with van der Waals surface area (Å²) in [4.78, 5) is 2.61. The summed E-state index contributed by atoms with van der Waals surface area (Å²) >= 11 is 0. The average molecular weight is 198 g/mol. The minimum Gasteiger partial charge on any atom is -0.372 e. The van der Waals surface area contributed by atoms with Crippen LogP contribution in [0.4, 0.5) is 0 Å². The number of likely N-dealkylation sites (N-methyl/N-ethyl adjacent to an activating group) is 1. The van der Waals surface area contributed by atoms with Crippen molar-refractivity contribution in [3.05, 3.63) is 0 Å². The minimum atomic E-state index is 0.527. The molecule has 3 heteroatoms. The number of morpholine rings is 1. The lowest BCUT2D eigenvalue weighted by molar-refractivity contribution is -0.0527. The van der Waals surface area contributed by atoms with Gasteiger partial charge in [-0.1, -0.05) is 6.92 Å². The maximum atomic E-state index is 5.84. The van der Waals surface area contributed by atoms with Crippen molar-refractivity contribution < 1.29 is 4.74 Å². The molecule has 0 aromatic rings. The third-order valence-electron chi connectivity index (χ3n) is 3.50. The molecule has 2 bridgehead atoms. The maximum Gasteiger partial charge on any atom is 0.0707 e. The predicted octanol–water partition coefficient (Wildman–Crippen LogP) is 0.848. The number of likely N-dealkylation sites (tertiary alicyclic amines) is 1. The Hall–Kier alpha value is -0.120. The number of hydrogen-bond acceptors (Lipinski definition) is 3. The fourth-order valence-electron chi connectivity index (χ4n) is 2.71. The van der Waals surface area contributed by atoms with Crippen LogP contribution in [0.3, 0.4) is 0 Å². The number of hydrogen-bond donors (Lipinski definition) is 1. The van der Waals surface area contributed by atoms with Gasteiger partial charge in [-0.15, -0.1) is 0 Å². The minimum absolute atomic E-state index is 0.527. The molecule has 14 heavy (non-hydrogen) atoms. The van der Waals surface area contributed by atoms with E-state index in [1.54, 1.807) is 0 Å². The third-order valence-corrected chi connectivity index (χ3v) is 3.50. The Morgan fingerprint density at radius 1 is 1.36 bits per heavy atom. The average Bonchev–Trinajstić information content (AvgIpc) is 2.54. The first kappa shape index (κ1) is 10.4. The van der Waals surface area contributed by atoms with E-state index in [9.17, 15) is 0 Å². The van der Waals surface area contributed by atoms with Gasteiger partial charge in [-0.2, -0.15) is 0 Å². The van der Waals surface area contributed by atoms with Crippen LogP contribution in [-0.2, 0) is 4.74 Å². The number of nitrogens with one attached hydrogen (secondary N) is 1. The molecule has 0 saturated carbocycles. The molecule has 0 radical (unpaired) electrons. The van der Waals surface area contributed by atoms with Gasteiger partial charge in [-0.05, 0) is 26.3 Å². The molecule has 3 unspecified atom stereocenters. The summed E-state index contributed by atoms with van der Waals surface area (Å²) in [6.45, 7) is 5.68. The Morgan fingerprint density at radius 3 is 2.50 bits per heavy atom. The maximum absolute atomic E-state index is 5.84. The number of fused-ring (bicyclic) bond motifs is 2. The molecule has 0 spiro atoms. The predicted molar refractivity (Wildman–Crippen MR) is 57.5 cm³/mol. The van der Waals surface area contributed by atoms with Gasteiger partial charge in [0.2, 0.25) is 0 Å². The second kappa shape index (κ2) is 4.60. The number of ether oxygens (including phenoxy) is 1. The van der Waals surface area contributed by atoms with E-state index in [1.807, 2.05) is 7.05 Å². The molecule has 3 nitrogen and oxygen atoms in total. The van der Waals surface area contributed by atoms with E-state index in [-0.39, 0.29) is 0 Å². The Kier molecular flexibility index (Phi) is 3.42. The van der Waals surface area contributed by atoms with Crippen molar-refractivity contribution in [1.29, 1.82) is 0 Å². The summed E-state index contributed by atoms with van der Waals surface area (Å²) in [7, 11) is 2.04. The molecule has 0 aromatic heterocycles. The summed E-state index contributed by atoms with van der Waals surface area (Å²) in [6.07, 6.45) is 4.84. The zero-order valence-electron chi connectivity index (χ0n) is 9.33. The fourth-order valence-corrected chi connectivity index (χ4v) is 2.71. The van der Waals surface area contributed by atoms with E-state index >= 15 is 0 Å². The molecule has 0 amide bonds. The smallest absolute Gasteiger partial charge is 0.0707 e. The highest BCUT2D eigenvalue weighted by Crippen LogP contribution is 2.27. The second-order valence-electron chi connectivity index (χ2n) is 4.53. The van der Waals surface area contributed by atoms with Crippen LogP contribution >= 0.6 is 0 Å². The van der Waals surface area contributed by atoms with Crippen molar-refractivity contribution in [3.8, 4) is 0 Å². The highest BCUT2D eigenvalue weighted by atomic mass is 16.5. The molecule has 2 saturated heterocycles. The SMILES string of the molecule is CCC(CNC)N1CC2CCC(C1)O2. The van der Waals surface area contributed by atoms with Crippen LogP contribution in [0.1, 0.15) is 26.2 Å². The van der Waals surface area contributed by atoms with Gasteiger partial charge in [-0.3, -0.25) is 4.90 Å². The standard InChI is InChI=1S/C11H22N2O/c1-3-9(6-12-2)13-7-10-4-5-11(8-13)14-10/h9-12H,3-8H2,1-2H3. The molecule has 0 aromatic carbocycles. The summed E-state index contributed by atoms with van der Waals surface area (Å²) in [5.41, 5.74) is 0. The largest absolute Gasteiger partial charge is 0.372 e. The molecular formula is C11H22N2O. The molecule has 2 aliphatic rings. The van der Waals surface area contributed by atoms with Crippen molar-refractivity contribution in [3.63, 3.8) is 0 Å². The molecule has 2 heterocycles. The Balaban J connectivity index is 1.90. The van der Waals surface area contributed by atoms with Gasteiger partial charge in [0.15, 0.2) is 0 Å². The van der Waals surface area contributed by atoms with Crippen LogP contribution < -0.4 is 5.32 Å². The molecule has 82 valence electrons. The lowest BCUT2D eigenvalue weighted by Gasteiger charge is -2.37. The van der Waals surface area contributed by atoms with Crippen LogP contribution in [0.25, 0.3) is 0 Å². The lowest BCUT2D eigenvalue weighted by Crippen LogP contribution is -2.50. The summed E-state index contributed by atoms with van der Waals surface area (Å²) < 4.78 is 5.84. The van der Waals surface area contributed by atoms with E-state index in [1.165, 1.54) is 19.3 Å². The van der Waals surface area contributed by atoms with Gasteiger partial charge in [0.25, 0.3) is 0 Å². The number of nitrogens with zero attached hydrogens (tertiary/aromatic N) is 1. The fraction of sp³-hybridized carbons (Fsp3) is 1.00. The molecule has 2 aliphatic heterocycles. The van der Waals surface area contributed by atoms with E-state index in [4.69, 9.17) is 4.74 Å². The molecule has 2 rings (SSSR count). The van der Waals surface area contributed by atoms with Crippen molar-refractivity contribution in [2.24, 2.45) is 0 Å². The van der Waals surface area contributed by atoms with Crippen molar-refractivity contribution in [2.75, 3.05) is 26.7 Å². The third kappa shape index (κ3) is 2.10. The molecular weight excluding hydrogens is 176 g/mol. The first-order valence-electron chi connectivity index (χ1n) is 5.87. The zero-order chi connectivity index (χ0) is 9.97. The van der Waals surface area contributed by atoms with Gasteiger partial charge >= 0.3 is 0 Å². The first-order chi connectivity index (χ1) is 6.83. The molecule has 1 N–H and O–H groups in total. The van der Waals surface area contributed by atoms with Crippen molar-refractivity contribution in [2.45, 2.75) is 44.4 Å². The Bertz CT molecular complexity index is 174. The van der Waals surface area contributed by atoms with Gasteiger partial charge in [-0.25, -0.2) is 0 Å². The van der Waals surface area contributed by atoms with Gasteiger partial charge in [0, 0.05) is 25.7 Å². The van der Waals surface area contributed by atoms with Crippen LogP contribution in [0.2, 0.25) is 0 Å². The molecule has 2 fully saturated rings. The van der Waals surface area contributed by atoms with Crippen molar-refractivity contribution in [1.82, 2.24) is 10.2 Å². The highest BCUT2D eigenvalue weighted by Gasteiger charge is 2.35. The second-order valence-corrected chi connectivity index (χ2v) is 4.53. The van der Waals surface area contributed by atoms with Crippen molar-refractivity contribution >= 4 is 0 Å². The first-order valence-corrected chi connectivity index (χ1v) is 5.87. The highest BCUT2D eigenvalue weighted by molar-refractivity contribution is 4.88. The van der Waals surface area contributed by atoms with Gasteiger partial charge < -0.3 is 10.1 Å². The Labute approximate surface area is 86.8 Å². The molecule has 3 atom stereocenters. The topological polar surface area (TPSA) is 24.5 Å². The van der Waals surface area contributed by atoms with E-state index in [0.29, 0.717) is 18.2 Å². The zero-order valence-corrected chi connectivity index (χ0v) is 9.33. The summed E-state index contributed by atoms with van der Waals surface area (Å²) in [5, 5.41) is 3.28. The van der Waals surface area contributed by atoms with Crippen LogP contribution in [0.5, 0.6) is 0 Å². The van der Waals surface area contributed by atoms with Gasteiger partial charge in [0.05, 0.1) is 12.2 Å². The lowest BCUT2D eigenvalue weighted by atomic mass is 10.1. The number of rotatable bonds is 4.